The molecular weight excluding hydrogens is 314 g/mol. The number of carboxylic acids is 1. The van der Waals surface area contributed by atoms with E-state index in [0.29, 0.717) is 21.8 Å². The van der Waals surface area contributed by atoms with Crippen LogP contribution in [0.1, 0.15) is 20.7 Å². The number of aromatic carboxylic acids is 1. The third-order valence-electron chi connectivity index (χ3n) is 3.20. The van der Waals surface area contributed by atoms with Gasteiger partial charge in [0, 0.05) is 5.56 Å². The summed E-state index contributed by atoms with van der Waals surface area (Å²) in [6.45, 7) is 0. The van der Waals surface area contributed by atoms with Crippen LogP contribution in [0, 0.1) is 0 Å². The molecule has 0 aliphatic rings. The molecule has 1 aromatic heterocycles. The number of anilines is 1. The SMILES string of the molecule is O=C(O)c1ccccc1-c1ccccc1C(=O)Nc1nncs1. The number of benzene rings is 2. The summed E-state index contributed by atoms with van der Waals surface area (Å²) in [5, 5.41) is 19.8. The highest BCUT2D eigenvalue weighted by atomic mass is 32.1. The summed E-state index contributed by atoms with van der Waals surface area (Å²) in [6.07, 6.45) is 0. The Labute approximate surface area is 135 Å². The van der Waals surface area contributed by atoms with E-state index in [1.165, 1.54) is 22.9 Å². The maximum absolute atomic E-state index is 12.5. The van der Waals surface area contributed by atoms with Crippen molar-refractivity contribution in [2.75, 3.05) is 5.32 Å². The first kappa shape index (κ1) is 14.9. The van der Waals surface area contributed by atoms with Gasteiger partial charge in [-0.05, 0) is 23.3 Å². The van der Waals surface area contributed by atoms with Crippen LogP contribution < -0.4 is 5.32 Å². The molecule has 0 spiro atoms. The van der Waals surface area contributed by atoms with Crippen molar-refractivity contribution in [3.05, 3.63) is 65.2 Å². The van der Waals surface area contributed by atoms with Crippen LogP contribution in [0.15, 0.2) is 54.0 Å². The molecule has 0 saturated carbocycles. The molecule has 0 radical (unpaired) electrons. The summed E-state index contributed by atoms with van der Waals surface area (Å²) >= 11 is 1.21. The Morgan fingerprint density at radius 3 is 2.17 bits per heavy atom. The number of carbonyl (C=O) groups excluding carboxylic acids is 1. The predicted octanol–water partition coefficient (Wildman–Crippen LogP) is 3.16. The molecule has 114 valence electrons. The summed E-state index contributed by atoms with van der Waals surface area (Å²) in [5.41, 5.74) is 3.07. The van der Waals surface area contributed by atoms with Crippen LogP contribution in [0.25, 0.3) is 11.1 Å². The summed E-state index contributed by atoms with van der Waals surface area (Å²) in [4.78, 5) is 23.9. The van der Waals surface area contributed by atoms with Gasteiger partial charge in [0.25, 0.3) is 5.91 Å². The summed E-state index contributed by atoms with van der Waals surface area (Å²) in [6, 6.07) is 13.4. The lowest BCUT2D eigenvalue weighted by Gasteiger charge is -2.11. The maximum Gasteiger partial charge on any atom is 0.336 e. The van der Waals surface area contributed by atoms with Gasteiger partial charge in [-0.15, -0.1) is 10.2 Å². The van der Waals surface area contributed by atoms with Crippen molar-refractivity contribution in [2.24, 2.45) is 0 Å². The smallest absolute Gasteiger partial charge is 0.336 e. The van der Waals surface area contributed by atoms with Gasteiger partial charge in [-0.1, -0.05) is 47.7 Å². The first-order chi connectivity index (χ1) is 11.2. The van der Waals surface area contributed by atoms with E-state index in [9.17, 15) is 14.7 Å². The number of nitrogens with zero attached hydrogens (tertiary/aromatic N) is 2. The topological polar surface area (TPSA) is 92.2 Å². The largest absolute Gasteiger partial charge is 0.478 e. The second-order valence-electron chi connectivity index (χ2n) is 4.59. The zero-order chi connectivity index (χ0) is 16.2. The van der Waals surface area contributed by atoms with Crippen molar-refractivity contribution in [3.63, 3.8) is 0 Å². The van der Waals surface area contributed by atoms with Gasteiger partial charge in [-0.3, -0.25) is 10.1 Å². The number of hydrogen-bond acceptors (Lipinski definition) is 5. The molecule has 7 heteroatoms. The van der Waals surface area contributed by atoms with Gasteiger partial charge in [-0.25, -0.2) is 4.79 Å². The molecule has 0 aliphatic heterocycles. The molecule has 1 amide bonds. The highest BCUT2D eigenvalue weighted by Crippen LogP contribution is 2.28. The van der Waals surface area contributed by atoms with Gasteiger partial charge in [0.05, 0.1) is 5.56 Å². The van der Waals surface area contributed by atoms with Crippen molar-refractivity contribution < 1.29 is 14.7 Å². The standard InChI is InChI=1S/C16H11N3O3S/c20-14(18-16-19-17-9-23-16)12-7-3-1-5-10(12)11-6-2-4-8-13(11)15(21)22/h1-9H,(H,21,22)(H,18,19,20). The van der Waals surface area contributed by atoms with E-state index in [2.05, 4.69) is 15.5 Å². The van der Waals surface area contributed by atoms with Crippen LogP contribution in [0.5, 0.6) is 0 Å². The van der Waals surface area contributed by atoms with Gasteiger partial charge in [-0.2, -0.15) is 0 Å². The number of hydrogen-bond donors (Lipinski definition) is 2. The fourth-order valence-corrected chi connectivity index (χ4v) is 2.65. The number of carbonyl (C=O) groups is 2. The third kappa shape index (κ3) is 3.09. The molecule has 0 fully saturated rings. The van der Waals surface area contributed by atoms with E-state index in [1.54, 1.807) is 42.5 Å². The van der Waals surface area contributed by atoms with Crippen LogP contribution >= 0.6 is 11.3 Å². The molecule has 1 heterocycles. The van der Waals surface area contributed by atoms with Crippen molar-refractivity contribution in [1.29, 1.82) is 0 Å². The Morgan fingerprint density at radius 1 is 0.957 bits per heavy atom. The minimum absolute atomic E-state index is 0.142. The van der Waals surface area contributed by atoms with Gasteiger partial charge in [0.15, 0.2) is 0 Å². The fourth-order valence-electron chi connectivity index (χ4n) is 2.21. The third-order valence-corrected chi connectivity index (χ3v) is 3.81. The fraction of sp³-hybridized carbons (Fsp3) is 0. The molecule has 2 aromatic carbocycles. The molecule has 3 rings (SSSR count). The lowest BCUT2D eigenvalue weighted by atomic mass is 9.95. The van der Waals surface area contributed by atoms with Crippen LogP contribution in [-0.2, 0) is 0 Å². The van der Waals surface area contributed by atoms with Crippen molar-refractivity contribution >= 4 is 28.3 Å². The molecule has 0 bridgehead atoms. The summed E-state index contributed by atoms with van der Waals surface area (Å²) < 4.78 is 0. The van der Waals surface area contributed by atoms with E-state index in [4.69, 9.17) is 0 Å². The highest BCUT2D eigenvalue weighted by molar-refractivity contribution is 7.13. The Hall–Kier alpha value is -3.06. The molecule has 0 saturated heterocycles. The van der Waals surface area contributed by atoms with Crippen molar-refractivity contribution in [2.45, 2.75) is 0 Å². The minimum atomic E-state index is -1.04. The average molecular weight is 325 g/mol. The lowest BCUT2D eigenvalue weighted by molar-refractivity contribution is 0.0697. The normalized spacial score (nSPS) is 10.3. The Bertz CT molecular complexity index is 863. The maximum atomic E-state index is 12.5. The average Bonchev–Trinajstić information content (AvgIpc) is 3.07. The monoisotopic (exact) mass is 325 g/mol. The minimum Gasteiger partial charge on any atom is -0.478 e. The van der Waals surface area contributed by atoms with E-state index < -0.39 is 5.97 Å². The second-order valence-corrected chi connectivity index (χ2v) is 5.43. The predicted molar refractivity (Wildman–Crippen MR) is 86.7 cm³/mol. The Kier molecular flexibility index (Phi) is 4.11. The summed E-state index contributed by atoms with van der Waals surface area (Å²) in [5.74, 6) is -1.41. The molecule has 6 nitrogen and oxygen atoms in total. The molecule has 2 N–H and O–H groups in total. The lowest BCUT2D eigenvalue weighted by Crippen LogP contribution is -2.13. The summed E-state index contributed by atoms with van der Waals surface area (Å²) in [7, 11) is 0. The van der Waals surface area contributed by atoms with Gasteiger partial charge >= 0.3 is 5.97 Å². The molecule has 0 aliphatic carbocycles. The second kappa shape index (κ2) is 6.37. The van der Waals surface area contributed by atoms with Gasteiger partial charge in [0.2, 0.25) is 5.13 Å². The number of aromatic nitrogens is 2. The molecule has 23 heavy (non-hydrogen) atoms. The number of carboxylic acid groups (broad SMARTS) is 1. The van der Waals surface area contributed by atoms with E-state index in [-0.39, 0.29) is 11.5 Å². The van der Waals surface area contributed by atoms with E-state index in [1.807, 2.05) is 0 Å². The zero-order valence-electron chi connectivity index (χ0n) is 11.8. The van der Waals surface area contributed by atoms with Crippen LogP contribution in [0.2, 0.25) is 0 Å². The quantitative estimate of drug-likeness (QED) is 0.768. The van der Waals surface area contributed by atoms with E-state index >= 15 is 0 Å². The van der Waals surface area contributed by atoms with Crippen LogP contribution in [0.4, 0.5) is 5.13 Å². The Balaban J connectivity index is 2.05. The Morgan fingerprint density at radius 2 is 1.57 bits per heavy atom. The number of nitrogens with one attached hydrogen (secondary N) is 1. The molecular formula is C16H11N3O3S. The van der Waals surface area contributed by atoms with Crippen molar-refractivity contribution in [3.8, 4) is 11.1 Å². The number of rotatable bonds is 4. The van der Waals surface area contributed by atoms with Crippen LogP contribution in [0.3, 0.4) is 0 Å². The van der Waals surface area contributed by atoms with Gasteiger partial charge in [0.1, 0.15) is 5.51 Å². The zero-order valence-corrected chi connectivity index (χ0v) is 12.6. The molecule has 3 aromatic rings. The van der Waals surface area contributed by atoms with Crippen LogP contribution in [-0.4, -0.2) is 27.2 Å². The first-order valence-electron chi connectivity index (χ1n) is 6.66. The van der Waals surface area contributed by atoms with Crippen molar-refractivity contribution in [1.82, 2.24) is 10.2 Å². The van der Waals surface area contributed by atoms with Gasteiger partial charge < -0.3 is 5.11 Å². The molecule has 0 atom stereocenters. The van der Waals surface area contributed by atoms with E-state index in [0.717, 1.165) is 0 Å². The highest BCUT2D eigenvalue weighted by Gasteiger charge is 2.18. The first-order valence-corrected chi connectivity index (χ1v) is 7.54. The number of amides is 1. The molecule has 0 unspecified atom stereocenters.